The third-order valence-electron chi connectivity index (χ3n) is 5.38. The molecule has 0 unspecified atom stereocenters. The van der Waals surface area contributed by atoms with Crippen LogP contribution in [0.25, 0.3) is 11.0 Å². The Morgan fingerprint density at radius 3 is 2.77 bits per heavy atom. The van der Waals surface area contributed by atoms with Gasteiger partial charge in [0, 0.05) is 23.0 Å². The topological polar surface area (TPSA) is 45.5 Å². The highest BCUT2D eigenvalue weighted by Crippen LogP contribution is 2.32. The summed E-state index contributed by atoms with van der Waals surface area (Å²) in [6.45, 7) is 6.52. The highest BCUT2D eigenvalue weighted by Gasteiger charge is 2.40. The summed E-state index contributed by atoms with van der Waals surface area (Å²) < 4.78 is 5.57. The van der Waals surface area contributed by atoms with E-state index < -0.39 is 0 Å². The van der Waals surface area contributed by atoms with Gasteiger partial charge in [-0.05, 0) is 70.0 Å². The van der Waals surface area contributed by atoms with Gasteiger partial charge in [-0.25, -0.2) is 0 Å². The van der Waals surface area contributed by atoms with Crippen molar-refractivity contribution in [1.29, 1.82) is 0 Å². The molecular weight excluding hydrogens is 275 g/mol. The van der Waals surface area contributed by atoms with Gasteiger partial charge in [0.2, 0.25) is 0 Å². The second kappa shape index (κ2) is 5.13. The van der Waals surface area contributed by atoms with Crippen LogP contribution in [0.15, 0.2) is 28.7 Å². The molecule has 4 heteroatoms. The minimum Gasteiger partial charge on any atom is -0.461 e. The van der Waals surface area contributed by atoms with E-state index in [-0.39, 0.29) is 11.9 Å². The standard InChI is InChI=1S/C18H22N2O2/c1-11-9-15-10-14(3-4-16(15)22-11)18(21)19-17-12(2)20-7-5-13(17)6-8-20/h3-4,9-10,12-13,17H,5-8H2,1-2H3,(H,19,21)/t12-,17-/m0/s1/i18-1. The van der Waals surface area contributed by atoms with E-state index in [1.165, 1.54) is 25.9 Å². The zero-order valence-corrected chi connectivity index (χ0v) is 13.1. The van der Waals surface area contributed by atoms with Crippen molar-refractivity contribution in [2.24, 2.45) is 5.92 Å². The van der Waals surface area contributed by atoms with E-state index in [1.807, 2.05) is 31.2 Å². The highest BCUT2D eigenvalue weighted by atomic mass is 16.3. The van der Waals surface area contributed by atoms with Crippen LogP contribution in [-0.2, 0) is 0 Å². The first kappa shape index (κ1) is 13.8. The zero-order valence-electron chi connectivity index (χ0n) is 13.1. The molecule has 4 nitrogen and oxygen atoms in total. The van der Waals surface area contributed by atoms with Crippen LogP contribution < -0.4 is 5.32 Å². The lowest BCUT2D eigenvalue weighted by Crippen LogP contribution is -2.62. The highest BCUT2D eigenvalue weighted by molar-refractivity contribution is 5.98. The fraction of sp³-hybridized carbons (Fsp3) is 0.500. The van der Waals surface area contributed by atoms with Crippen LogP contribution in [0.1, 0.15) is 35.9 Å². The van der Waals surface area contributed by atoms with Gasteiger partial charge in [-0.15, -0.1) is 0 Å². The maximum Gasteiger partial charge on any atom is 0.251 e. The molecule has 3 aliphatic rings. The summed E-state index contributed by atoms with van der Waals surface area (Å²) in [5.41, 5.74) is 1.56. The van der Waals surface area contributed by atoms with Gasteiger partial charge in [-0.1, -0.05) is 0 Å². The first-order valence-corrected chi connectivity index (χ1v) is 8.17. The largest absolute Gasteiger partial charge is 0.461 e. The molecule has 3 aliphatic heterocycles. The molecule has 3 saturated heterocycles. The molecule has 1 aromatic carbocycles. The summed E-state index contributed by atoms with van der Waals surface area (Å²) in [5.74, 6) is 1.54. The monoisotopic (exact) mass is 297 g/mol. The summed E-state index contributed by atoms with van der Waals surface area (Å²) in [7, 11) is 0. The van der Waals surface area contributed by atoms with E-state index in [2.05, 4.69) is 17.1 Å². The van der Waals surface area contributed by atoms with Crippen molar-refractivity contribution >= 4 is 16.9 Å². The molecular formula is C18H22N2O2. The van der Waals surface area contributed by atoms with Crippen LogP contribution in [0.2, 0.25) is 0 Å². The Hall–Kier alpha value is -1.81. The number of nitrogens with zero attached hydrogens (tertiary/aromatic N) is 1. The van der Waals surface area contributed by atoms with Crippen LogP contribution in [0.5, 0.6) is 0 Å². The molecule has 2 atom stereocenters. The first-order valence-electron chi connectivity index (χ1n) is 8.17. The fourth-order valence-corrected chi connectivity index (χ4v) is 4.10. The van der Waals surface area contributed by atoms with Crippen molar-refractivity contribution < 1.29 is 9.21 Å². The van der Waals surface area contributed by atoms with Crippen molar-refractivity contribution in [1.82, 2.24) is 10.2 Å². The molecule has 116 valence electrons. The molecule has 22 heavy (non-hydrogen) atoms. The summed E-state index contributed by atoms with van der Waals surface area (Å²) >= 11 is 0. The second-order valence-corrected chi connectivity index (χ2v) is 6.72. The number of amides is 1. The minimum absolute atomic E-state index is 0.0337. The quantitative estimate of drug-likeness (QED) is 0.927. The number of aryl methyl sites for hydroxylation is 1. The van der Waals surface area contributed by atoms with E-state index in [9.17, 15) is 4.79 Å². The number of benzene rings is 1. The molecule has 0 saturated carbocycles. The van der Waals surface area contributed by atoms with Gasteiger partial charge in [0.05, 0.1) is 0 Å². The van der Waals surface area contributed by atoms with Crippen LogP contribution in [0.4, 0.5) is 0 Å². The van der Waals surface area contributed by atoms with E-state index in [4.69, 9.17) is 4.42 Å². The van der Waals surface area contributed by atoms with Crippen molar-refractivity contribution in [3.8, 4) is 0 Å². The summed E-state index contributed by atoms with van der Waals surface area (Å²) in [6.07, 6.45) is 2.41. The molecule has 3 fully saturated rings. The summed E-state index contributed by atoms with van der Waals surface area (Å²) in [6, 6.07) is 8.35. The Bertz CT molecular complexity index is 711. The molecule has 0 radical (unpaired) electrons. The number of carbonyl (C=O) groups excluding carboxylic acids is 1. The van der Waals surface area contributed by atoms with Crippen LogP contribution >= 0.6 is 0 Å². The third kappa shape index (κ3) is 2.22. The van der Waals surface area contributed by atoms with E-state index in [1.54, 1.807) is 0 Å². The molecule has 0 spiro atoms. The number of fused-ring (bicyclic) bond motifs is 4. The third-order valence-corrected chi connectivity index (χ3v) is 5.38. The lowest BCUT2D eigenvalue weighted by molar-refractivity contribution is 0.0217. The summed E-state index contributed by atoms with van der Waals surface area (Å²) in [5, 5.41) is 4.27. The average Bonchev–Trinajstić information content (AvgIpc) is 2.90. The van der Waals surface area contributed by atoms with Crippen molar-refractivity contribution in [2.45, 2.75) is 38.8 Å². The number of hydrogen-bond donors (Lipinski definition) is 1. The molecule has 2 bridgehead atoms. The molecule has 1 aromatic heterocycles. The average molecular weight is 297 g/mol. The van der Waals surface area contributed by atoms with Gasteiger partial charge in [-0.3, -0.25) is 9.69 Å². The zero-order chi connectivity index (χ0) is 15.3. The Morgan fingerprint density at radius 1 is 1.27 bits per heavy atom. The second-order valence-electron chi connectivity index (χ2n) is 6.72. The maximum atomic E-state index is 12.6. The van der Waals surface area contributed by atoms with Crippen LogP contribution in [0.3, 0.4) is 0 Å². The molecule has 2 aromatic rings. The molecule has 4 heterocycles. The lowest BCUT2D eigenvalue weighted by atomic mass is 9.76. The predicted octanol–water partition coefficient (Wildman–Crippen LogP) is 2.95. The Labute approximate surface area is 130 Å². The van der Waals surface area contributed by atoms with Gasteiger partial charge in [0.25, 0.3) is 5.91 Å². The van der Waals surface area contributed by atoms with Gasteiger partial charge in [-0.2, -0.15) is 0 Å². The SMILES string of the molecule is Cc1cc2cc([11C](=O)N[C@@H]3C4CCN(CC4)[C@H]3C)ccc2o1. The van der Waals surface area contributed by atoms with Crippen LogP contribution in [-0.4, -0.2) is 36.0 Å². The number of piperidine rings is 3. The van der Waals surface area contributed by atoms with Gasteiger partial charge in [0.1, 0.15) is 11.3 Å². The normalized spacial score (nSPS) is 30.6. The smallest absolute Gasteiger partial charge is 0.251 e. The van der Waals surface area contributed by atoms with Gasteiger partial charge in [0.15, 0.2) is 0 Å². The Balaban J connectivity index is 1.55. The predicted molar refractivity (Wildman–Crippen MR) is 86.0 cm³/mol. The van der Waals surface area contributed by atoms with Gasteiger partial charge >= 0.3 is 0 Å². The molecule has 1 N–H and O–H groups in total. The number of carbonyl (C=O) groups is 1. The molecule has 1 amide bonds. The first-order chi connectivity index (χ1) is 10.6. The van der Waals surface area contributed by atoms with E-state index in [0.29, 0.717) is 12.0 Å². The number of furan rings is 1. The lowest BCUT2D eigenvalue weighted by Gasteiger charge is -2.49. The van der Waals surface area contributed by atoms with Crippen LogP contribution in [0, 0.1) is 12.8 Å². The number of nitrogens with one attached hydrogen (secondary N) is 1. The summed E-state index contributed by atoms with van der Waals surface area (Å²) in [4.78, 5) is 15.1. The Morgan fingerprint density at radius 2 is 2.05 bits per heavy atom. The van der Waals surface area contributed by atoms with Gasteiger partial charge < -0.3 is 9.73 Å². The number of hydrogen-bond acceptors (Lipinski definition) is 3. The van der Waals surface area contributed by atoms with Crippen molar-refractivity contribution in [3.05, 3.63) is 35.6 Å². The van der Waals surface area contributed by atoms with E-state index >= 15 is 0 Å². The van der Waals surface area contributed by atoms with Crippen molar-refractivity contribution in [3.63, 3.8) is 0 Å². The number of rotatable bonds is 2. The van der Waals surface area contributed by atoms with E-state index in [0.717, 1.165) is 22.3 Å². The molecule has 0 aliphatic carbocycles. The molecule has 5 rings (SSSR count). The fourth-order valence-electron chi connectivity index (χ4n) is 4.10. The maximum absolute atomic E-state index is 12.6. The Kier molecular flexibility index (Phi) is 3.22. The minimum atomic E-state index is 0.0337. The van der Waals surface area contributed by atoms with Crippen molar-refractivity contribution in [2.75, 3.05) is 13.1 Å².